The van der Waals surface area contributed by atoms with Gasteiger partial charge in [0.15, 0.2) is 0 Å². The number of amides is 1. The zero-order valence-corrected chi connectivity index (χ0v) is 13.4. The van der Waals surface area contributed by atoms with E-state index in [1.807, 2.05) is 24.3 Å². The summed E-state index contributed by atoms with van der Waals surface area (Å²) in [6.07, 6.45) is 0.824. The van der Waals surface area contributed by atoms with E-state index in [9.17, 15) is 9.59 Å². The van der Waals surface area contributed by atoms with Crippen LogP contribution in [0.1, 0.15) is 31.7 Å². The van der Waals surface area contributed by atoms with Gasteiger partial charge in [0.1, 0.15) is 5.54 Å². The number of benzene rings is 1. The molecule has 1 N–H and O–H groups in total. The molecule has 0 heterocycles. The number of nitrogens with one attached hydrogen (secondary N) is 1. The number of rotatable bonds is 4. The second-order valence-corrected chi connectivity index (χ2v) is 6.52. The number of hydrogen-bond acceptors (Lipinski definition) is 3. The van der Waals surface area contributed by atoms with Crippen LogP contribution in [0.3, 0.4) is 0 Å². The third kappa shape index (κ3) is 3.20. The van der Waals surface area contributed by atoms with Crippen molar-refractivity contribution < 1.29 is 14.3 Å². The Bertz CT molecular complexity index is 524. The average molecular weight is 340 g/mol. The summed E-state index contributed by atoms with van der Waals surface area (Å²) in [7, 11) is 1.32. The zero-order valence-electron chi connectivity index (χ0n) is 11.8. The van der Waals surface area contributed by atoms with Crippen molar-refractivity contribution in [3.8, 4) is 0 Å². The molecule has 1 saturated carbocycles. The highest BCUT2D eigenvalue weighted by molar-refractivity contribution is 9.10. The van der Waals surface area contributed by atoms with Gasteiger partial charge in [0.2, 0.25) is 5.91 Å². The minimum absolute atomic E-state index is 0.0555. The molecule has 1 aliphatic carbocycles. The van der Waals surface area contributed by atoms with Crippen LogP contribution in [0, 0.1) is 5.92 Å². The van der Waals surface area contributed by atoms with E-state index in [2.05, 4.69) is 26.0 Å². The van der Waals surface area contributed by atoms with Crippen LogP contribution < -0.4 is 5.32 Å². The topological polar surface area (TPSA) is 55.4 Å². The molecule has 1 fully saturated rings. The lowest BCUT2D eigenvalue weighted by atomic mass is 10.0. The molecule has 0 radical (unpaired) electrons. The van der Waals surface area contributed by atoms with Gasteiger partial charge in [-0.1, -0.05) is 28.1 Å². The van der Waals surface area contributed by atoms with Crippen LogP contribution in [-0.2, 0) is 14.3 Å². The number of ether oxygens (including phenoxy) is 1. The number of methoxy groups -OCH3 is 1. The average Bonchev–Trinajstić information content (AvgIpc) is 3.18. The predicted octanol–water partition coefficient (Wildman–Crippen LogP) is 2.62. The van der Waals surface area contributed by atoms with Gasteiger partial charge in [-0.2, -0.15) is 0 Å². The monoisotopic (exact) mass is 339 g/mol. The summed E-state index contributed by atoms with van der Waals surface area (Å²) in [5.74, 6) is -0.336. The van der Waals surface area contributed by atoms with E-state index >= 15 is 0 Å². The van der Waals surface area contributed by atoms with Gasteiger partial charge < -0.3 is 10.1 Å². The van der Waals surface area contributed by atoms with Gasteiger partial charge in [0, 0.05) is 10.4 Å². The summed E-state index contributed by atoms with van der Waals surface area (Å²) in [6.45, 7) is 3.29. The highest BCUT2D eigenvalue weighted by Crippen LogP contribution is 2.47. The van der Waals surface area contributed by atoms with Crippen molar-refractivity contribution in [2.75, 3.05) is 7.11 Å². The van der Waals surface area contributed by atoms with Gasteiger partial charge in [0.05, 0.1) is 7.11 Å². The lowest BCUT2D eigenvalue weighted by molar-refractivity contribution is -0.149. The van der Waals surface area contributed by atoms with E-state index in [1.165, 1.54) is 7.11 Å². The number of esters is 1. The molecular weight excluding hydrogens is 322 g/mol. The van der Waals surface area contributed by atoms with Gasteiger partial charge in [-0.15, -0.1) is 0 Å². The smallest absolute Gasteiger partial charge is 0.330 e. The first-order chi connectivity index (χ1) is 9.35. The first-order valence-electron chi connectivity index (χ1n) is 6.51. The molecule has 1 aromatic rings. The van der Waals surface area contributed by atoms with E-state index in [0.717, 1.165) is 16.5 Å². The summed E-state index contributed by atoms with van der Waals surface area (Å²) in [5.41, 5.74) is 0.169. The normalized spacial score (nSPS) is 21.2. The van der Waals surface area contributed by atoms with Crippen molar-refractivity contribution in [1.29, 1.82) is 0 Å². The third-order valence-electron chi connectivity index (χ3n) is 3.56. The molecule has 0 unspecified atom stereocenters. The van der Waals surface area contributed by atoms with Gasteiger partial charge in [0.25, 0.3) is 0 Å². The number of carbonyl (C=O) groups is 2. The maximum Gasteiger partial charge on any atom is 0.330 e. The molecule has 5 heteroatoms. The molecular formula is C15H18BrNO3. The van der Waals surface area contributed by atoms with Crippen LogP contribution >= 0.6 is 15.9 Å². The molecule has 0 aromatic heterocycles. The first-order valence-corrected chi connectivity index (χ1v) is 7.30. The molecule has 108 valence electrons. The second kappa shape index (κ2) is 5.56. The Kier molecular flexibility index (Phi) is 4.18. The van der Waals surface area contributed by atoms with E-state index < -0.39 is 11.5 Å². The van der Waals surface area contributed by atoms with Gasteiger partial charge in [-0.3, -0.25) is 4.79 Å². The molecule has 2 atom stereocenters. The van der Waals surface area contributed by atoms with E-state index in [1.54, 1.807) is 13.8 Å². The molecule has 4 nitrogen and oxygen atoms in total. The Labute approximate surface area is 127 Å². The summed E-state index contributed by atoms with van der Waals surface area (Å²) in [5, 5.41) is 2.76. The van der Waals surface area contributed by atoms with Crippen molar-refractivity contribution in [2.45, 2.75) is 31.7 Å². The molecule has 0 saturated heterocycles. The van der Waals surface area contributed by atoms with Gasteiger partial charge in [-0.25, -0.2) is 4.79 Å². The minimum atomic E-state index is -0.987. The largest absolute Gasteiger partial charge is 0.467 e. The number of carbonyl (C=O) groups excluding carboxylic acids is 2. The molecule has 0 spiro atoms. The van der Waals surface area contributed by atoms with Crippen molar-refractivity contribution in [3.63, 3.8) is 0 Å². The van der Waals surface area contributed by atoms with E-state index in [-0.39, 0.29) is 17.7 Å². The summed E-state index contributed by atoms with van der Waals surface area (Å²) < 4.78 is 5.70. The van der Waals surface area contributed by atoms with Crippen molar-refractivity contribution in [2.24, 2.45) is 5.92 Å². The predicted molar refractivity (Wildman–Crippen MR) is 79.2 cm³/mol. The Morgan fingerprint density at radius 3 is 2.45 bits per heavy atom. The van der Waals surface area contributed by atoms with E-state index in [4.69, 9.17) is 0 Å². The Balaban J connectivity index is 1.96. The van der Waals surface area contributed by atoms with Gasteiger partial charge in [-0.05, 0) is 43.9 Å². The second-order valence-electron chi connectivity index (χ2n) is 5.61. The van der Waals surface area contributed by atoms with Crippen molar-refractivity contribution in [1.82, 2.24) is 5.32 Å². The lowest BCUT2D eigenvalue weighted by Gasteiger charge is -2.23. The minimum Gasteiger partial charge on any atom is -0.467 e. The van der Waals surface area contributed by atoms with E-state index in [0.29, 0.717) is 0 Å². The molecule has 2 rings (SSSR count). The molecule has 0 aliphatic heterocycles. The summed E-state index contributed by atoms with van der Waals surface area (Å²) in [6, 6.07) is 7.99. The highest BCUT2D eigenvalue weighted by Gasteiger charge is 2.46. The Morgan fingerprint density at radius 1 is 1.30 bits per heavy atom. The Morgan fingerprint density at radius 2 is 1.90 bits per heavy atom. The summed E-state index contributed by atoms with van der Waals surface area (Å²) >= 11 is 3.39. The molecule has 1 aromatic carbocycles. The maximum atomic E-state index is 12.2. The highest BCUT2D eigenvalue weighted by atomic mass is 79.9. The fraction of sp³-hybridized carbons (Fsp3) is 0.467. The van der Waals surface area contributed by atoms with Crippen LogP contribution in [0.15, 0.2) is 28.7 Å². The van der Waals surface area contributed by atoms with Crippen LogP contribution in [0.25, 0.3) is 0 Å². The first kappa shape index (κ1) is 15.0. The Hall–Kier alpha value is -1.36. The van der Waals surface area contributed by atoms with Crippen LogP contribution in [0.4, 0.5) is 0 Å². The van der Waals surface area contributed by atoms with Crippen LogP contribution in [0.2, 0.25) is 0 Å². The molecule has 20 heavy (non-hydrogen) atoms. The fourth-order valence-electron chi connectivity index (χ4n) is 2.27. The quantitative estimate of drug-likeness (QED) is 0.858. The lowest BCUT2D eigenvalue weighted by Crippen LogP contribution is -2.51. The fourth-order valence-corrected chi connectivity index (χ4v) is 2.53. The number of halogens is 1. The molecule has 1 aliphatic rings. The zero-order chi connectivity index (χ0) is 14.9. The van der Waals surface area contributed by atoms with Crippen LogP contribution in [0.5, 0.6) is 0 Å². The molecule has 1 amide bonds. The van der Waals surface area contributed by atoms with Crippen molar-refractivity contribution in [3.05, 3.63) is 34.3 Å². The number of hydrogen-bond donors (Lipinski definition) is 1. The maximum absolute atomic E-state index is 12.2. The summed E-state index contributed by atoms with van der Waals surface area (Å²) in [4.78, 5) is 23.7. The van der Waals surface area contributed by atoms with Crippen LogP contribution in [-0.4, -0.2) is 24.5 Å². The van der Waals surface area contributed by atoms with Crippen molar-refractivity contribution >= 4 is 27.8 Å². The standard InChI is InChI=1S/C15H18BrNO3/c1-15(2,14(19)20-3)17-13(18)12-8-11(12)9-4-6-10(16)7-5-9/h4-7,11-12H,8H2,1-3H3,(H,17,18)/t11-,12+/m1/s1. The molecule has 0 bridgehead atoms. The van der Waals surface area contributed by atoms with Gasteiger partial charge >= 0.3 is 5.97 Å². The SMILES string of the molecule is COC(=O)C(C)(C)NC(=O)[C@H]1C[C@@H]1c1ccc(Br)cc1. The third-order valence-corrected chi connectivity index (χ3v) is 4.09.